The van der Waals surface area contributed by atoms with Crippen molar-refractivity contribution in [2.45, 2.75) is 20.4 Å². The minimum atomic E-state index is 0.683. The molecule has 0 unspecified atom stereocenters. The molecule has 0 N–H and O–H groups in total. The Morgan fingerprint density at radius 1 is 1.24 bits per heavy atom. The van der Waals surface area contributed by atoms with E-state index in [1.54, 1.807) is 7.11 Å². The molecular formula is C14H22BrNO. The zero-order valence-electron chi connectivity index (χ0n) is 10.9. The number of hydrogen-bond acceptors (Lipinski definition) is 2. The highest BCUT2D eigenvalue weighted by molar-refractivity contribution is 9.10. The molecule has 0 aliphatic rings. The van der Waals surface area contributed by atoms with Gasteiger partial charge in [0.1, 0.15) is 0 Å². The van der Waals surface area contributed by atoms with Crippen molar-refractivity contribution in [2.75, 3.05) is 26.8 Å². The fourth-order valence-corrected chi connectivity index (χ4v) is 2.08. The average Bonchev–Trinajstić information content (AvgIpc) is 2.28. The van der Waals surface area contributed by atoms with Gasteiger partial charge in [0.25, 0.3) is 0 Å². The third-order valence-corrected chi connectivity index (χ3v) is 3.08. The van der Waals surface area contributed by atoms with Gasteiger partial charge in [0.15, 0.2) is 0 Å². The largest absolute Gasteiger partial charge is 0.383 e. The molecule has 1 rings (SSSR count). The van der Waals surface area contributed by atoms with E-state index in [1.165, 1.54) is 5.56 Å². The van der Waals surface area contributed by atoms with Crippen LogP contribution in [0.3, 0.4) is 0 Å². The number of methoxy groups -OCH3 is 1. The van der Waals surface area contributed by atoms with Crippen LogP contribution in [0.15, 0.2) is 28.7 Å². The Morgan fingerprint density at radius 3 is 2.41 bits per heavy atom. The Morgan fingerprint density at radius 2 is 1.88 bits per heavy atom. The SMILES string of the molecule is COCCN(Cc1ccc(Br)cc1)CC(C)C. The van der Waals surface area contributed by atoms with E-state index in [2.05, 4.69) is 58.9 Å². The second-order valence-electron chi connectivity index (χ2n) is 4.75. The van der Waals surface area contributed by atoms with E-state index >= 15 is 0 Å². The van der Waals surface area contributed by atoms with Gasteiger partial charge in [-0.15, -0.1) is 0 Å². The monoisotopic (exact) mass is 299 g/mol. The Hall–Kier alpha value is -0.380. The van der Waals surface area contributed by atoms with Crippen molar-refractivity contribution in [3.63, 3.8) is 0 Å². The summed E-state index contributed by atoms with van der Waals surface area (Å²) < 4.78 is 6.29. The average molecular weight is 300 g/mol. The van der Waals surface area contributed by atoms with E-state index in [4.69, 9.17) is 4.74 Å². The lowest BCUT2D eigenvalue weighted by Crippen LogP contribution is -2.30. The first-order valence-corrected chi connectivity index (χ1v) is 6.87. The molecule has 0 spiro atoms. The number of halogens is 1. The summed E-state index contributed by atoms with van der Waals surface area (Å²) in [4.78, 5) is 2.44. The lowest BCUT2D eigenvalue weighted by atomic mass is 10.1. The maximum absolute atomic E-state index is 5.16. The number of ether oxygens (including phenoxy) is 1. The van der Waals surface area contributed by atoms with Crippen molar-refractivity contribution in [2.24, 2.45) is 5.92 Å². The van der Waals surface area contributed by atoms with Crippen LogP contribution in [0.4, 0.5) is 0 Å². The molecule has 0 saturated carbocycles. The maximum Gasteiger partial charge on any atom is 0.0589 e. The van der Waals surface area contributed by atoms with E-state index in [0.717, 1.165) is 30.7 Å². The van der Waals surface area contributed by atoms with E-state index in [1.807, 2.05) is 0 Å². The van der Waals surface area contributed by atoms with Gasteiger partial charge in [-0.05, 0) is 23.6 Å². The maximum atomic E-state index is 5.16. The van der Waals surface area contributed by atoms with Gasteiger partial charge in [0, 0.05) is 31.2 Å². The van der Waals surface area contributed by atoms with Crippen molar-refractivity contribution < 1.29 is 4.74 Å². The minimum absolute atomic E-state index is 0.683. The Labute approximate surface area is 113 Å². The number of nitrogens with zero attached hydrogens (tertiary/aromatic N) is 1. The molecule has 3 heteroatoms. The zero-order chi connectivity index (χ0) is 12.7. The summed E-state index contributed by atoms with van der Waals surface area (Å²) in [6.45, 7) is 8.39. The highest BCUT2D eigenvalue weighted by Gasteiger charge is 2.07. The van der Waals surface area contributed by atoms with Crippen LogP contribution in [0.5, 0.6) is 0 Å². The van der Waals surface area contributed by atoms with Gasteiger partial charge in [-0.1, -0.05) is 41.9 Å². The van der Waals surface area contributed by atoms with Crippen LogP contribution in [0.2, 0.25) is 0 Å². The highest BCUT2D eigenvalue weighted by Crippen LogP contribution is 2.13. The van der Waals surface area contributed by atoms with Crippen LogP contribution in [0.1, 0.15) is 19.4 Å². The van der Waals surface area contributed by atoms with Crippen molar-refractivity contribution in [1.82, 2.24) is 4.90 Å². The standard InChI is InChI=1S/C14H22BrNO/c1-12(2)10-16(8-9-17-3)11-13-4-6-14(15)7-5-13/h4-7,12H,8-11H2,1-3H3. The van der Waals surface area contributed by atoms with Crippen LogP contribution >= 0.6 is 15.9 Å². The molecule has 17 heavy (non-hydrogen) atoms. The third kappa shape index (κ3) is 6.20. The zero-order valence-corrected chi connectivity index (χ0v) is 12.5. The summed E-state index contributed by atoms with van der Waals surface area (Å²) in [6.07, 6.45) is 0. The van der Waals surface area contributed by atoms with E-state index in [-0.39, 0.29) is 0 Å². The molecule has 0 bridgehead atoms. The van der Waals surface area contributed by atoms with Crippen molar-refractivity contribution in [3.05, 3.63) is 34.3 Å². The summed E-state index contributed by atoms with van der Waals surface area (Å²) in [5.74, 6) is 0.683. The van der Waals surface area contributed by atoms with Crippen molar-refractivity contribution in [1.29, 1.82) is 0 Å². The fourth-order valence-electron chi connectivity index (χ4n) is 1.82. The molecule has 0 radical (unpaired) electrons. The molecule has 0 aliphatic heterocycles. The van der Waals surface area contributed by atoms with E-state index in [0.29, 0.717) is 5.92 Å². The summed E-state index contributed by atoms with van der Waals surface area (Å²) in [5, 5.41) is 0. The first-order valence-electron chi connectivity index (χ1n) is 6.07. The first-order chi connectivity index (χ1) is 8.11. The van der Waals surface area contributed by atoms with Crippen LogP contribution in [-0.2, 0) is 11.3 Å². The molecule has 96 valence electrons. The van der Waals surface area contributed by atoms with Crippen LogP contribution < -0.4 is 0 Å². The van der Waals surface area contributed by atoms with Crippen LogP contribution in [0, 0.1) is 5.92 Å². The summed E-state index contributed by atoms with van der Waals surface area (Å²) in [6, 6.07) is 8.53. The molecule has 1 aromatic rings. The predicted molar refractivity (Wildman–Crippen MR) is 76.1 cm³/mol. The molecule has 0 fully saturated rings. The van der Waals surface area contributed by atoms with E-state index in [9.17, 15) is 0 Å². The van der Waals surface area contributed by atoms with E-state index < -0.39 is 0 Å². The lowest BCUT2D eigenvalue weighted by Gasteiger charge is -2.24. The minimum Gasteiger partial charge on any atom is -0.383 e. The molecular weight excluding hydrogens is 278 g/mol. The van der Waals surface area contributed by atoms with Gasteiger partial charge in [-0.25, -0.2) is 0 Å². The molecule has 0 aliphatic carbocycles. The number of benzene rings is 1. The van der Waals surface area contributed by atoms with Gasteiger partial charge in [-0.3, -0.25) is 4.90 Å². The molecule has 0 aromatic heterocycles. The second kappa shape index (κ2) is 7.85. The quantitative estimate of drug-likeness (QED) is 0.763. The lowest BCUT2D eigenvalue weighted by molar-refractivity contribution is 0.136. The Balaban J connectivity index is 2.54. The fraction of sp³-hybridized carbons (Fsp3) is 0.571. The van der Waals surface area contributed by atoms with Crippen molar-refractivity contribution >= 4 is 15.9 Å². The number of hydrogen-bond donors (Lipinski definition) is 0. The Kier molecular flexibility index (Phi) is 6.78. The van der Waals surface area contributed by atoms with Gasteiger partial charge in [-0.2, -0.15) is 0 Å². The van der Waals surface area contributed by atoms with Crippen molar-refractivity contribution in [3.8, 4) is 0 Å². The third-order valence-electron chi connectivity index (χ3n) is 2.55. The topological polar surface area (TPSA) is 12.5 Å². The smallest absolute Gasteiger partial charge is 0.0589 e. The molecule has 2 nitrogen and oxygen atoms in total. The Bertz CT molecular complexity index is 311. The normalized spacial score (nSPS) is 11.4. The second-order valence-corrected chi connectivity index (χ2v) is 5.66. The highest BCUT2D eigenvalue weighted by atomic mass is 79.9. The molecule has 0 saturated heterocycles. The number of rotatable bonds is 7. The molecule has 0 heterocycles. The van der Waals surface area contributed by atoms with Crippen LogP contribution in [-0.4, -0.2) is 31.7 Å². The van der Waals surface area contributed by atoms with Gasteiger partial charge in [0.05, 0.1) is 6.61 Å². The predicted octanol–water partition coefficient (Wildman–Crippen LogP) is 3.55. The van der Waals surface area contributed by atoms with Gasteiger partial charge in [0.2, 0.25) is 0 Å². The summed E-state index contributed by atoms with van der Waals surface area (Å²) in [5.41, 5.74) is 1.35. The first kappa shape index (κ1) is 14.7. The molecule has 0 atom stereocenters. The van der Waals surface area contributed by atoms with Gasteiger partial charge < -0.3 is 4.74 Å². The summed E-state index contributed by atoms with van der Waals surface area (Å²) >= 11 is 3.46. The molecule has 1 aromatic carbocycles. The summed E-state index contributed by atoms with van der Waals surface area (Å²) in [7, 11) is 1.76. The molecule has 0 amide bonds. The van der Waals surface area contributed by atoms with Crippen LogP contribution in [0.25, 0.3) is 0 Å². The van der Waals surface area contributed by atoms with Gasteiger partial charge >= 0.3 is 0 Å².